The Morgan fingerprint density at radius 1 is 0.958 bits per heavy atom. The number of hydrogen-bond acceptors (Lipinski definition) is 3. The van der Waals surface area contributed by atoms with Crippen LogP contribution in [0, 0.1) is 0 Å². The van der Waals surface area contributed by atoms with Gasteiger partial charge >= 0.3 is 0 Å². The molecule has 0 aromatic heterocycles. The third-order valence-corrected chi connectivity index (χ3v) is 4.91. The smallest absolute Gasteiger partial charge is 0.102 e. The highest BCUT2D eigenvalue weighted by atomic mass is 15.3. The first-order chi connectivity index (χ1) is 11.9. The summed E-state index contributed by atoms with van der Waals surface area (Å²) >= 11 is 0. The van der Waals surface area contributed by atoms with E-state index in [1.165, 1.54) is 83.5 Å². The van der Waals surface area contributed by atoms with Gasteiger partial charge in [-0.3, -0.25) is 9.89 Å². The van der Waals surface area contributed by atoms with E-state index in [2.05, 4.69) is 35.2 Å². The molecule has 0 spiro atoms. The predicted molar refractivity (Wildman–Crippen MR) is 108 cm³/mol. The zero-order valence-electron chi connectivity index (χ0n) is 16.1. The number of hydrogen-bond donors (Lipinski definition) is 1. The Morgan fingerprint density at radius 3 is 2.25 bits per heavy atom. The highest BCUT2D eigenvalue weighted by Gasteiger charge is 2.19. The second-order valence-electron chi connectivity index (χ2n) is 7.12. The van der Waals surface area contributed by atoms with Crippen molar-refractivity contribution in [2.24, 2.45) is 10.7 Å². The topological polar surface area (TPSA) is 41.6 Å². The van der Waals surface area contributed by atoms with Gasteiger partial charge in [0.05, 0.1) is 0 Å². The molecular formula is C21H41N3. The van der Waals surface area contributed by atoms with Gasteiger partial charge in [0.15, 0.2) is 0 Å². The summed E-state index contributed by atoms with van der Waals surface area (Å²) in [4.78, 5) is 6.97. The summed E-state index contributed by atoms with van der Waals surface area (Å²) < 4.78 is 0. The number of aliphatic imine (C=N–C) groups is 1. The highest BCUT2D eigenvalue weighted by Crippen LogP contribution is 2.16. The Morgan fingerprint density at radius 2 is 1.58 bits per heavy atom. The van der Waals surface area contributed by atoms with Crippen LogP contribution in [0.3, 0.4) is 0 Å². The van der Waals surface area contributed by atoms with Crippen LogP contribution < -0.4 is 5.73 Å². The molecule has 1 atom stereocenters. The molecule has 140 valence electrons. The van der Waals surface area contributed by atoms with E-state index in [0.717, 1.165) is 19.6 Å². The molecule has 3 nitrogen and oxygen atoms in total. The molecule has 0 saturated heterocycles. The van der Waals surface area contributed by atoms with Crippen LogP contribution >= 0.6 is 0 Å². The largest absolute Gasteiger partial charge is 0.329 e. The van der Waals surface area contributed by atoms with Gasteiger partial charge in [0.25, 0.3) is 0 Å². The van der Waals surface area contributed by atoms with Crippen LogP contribution in [0.5, 0.6) is 0 Å². The summed E-state index contributed by atoms with van der Waals surface area (Å²) in [6, 6.07) is 0. The van der Waals surface area contributed by atoms with Crippen LogP contribution in [0.15, 0.2) is 17.1 Å². The number of unbranched alkanes of at least 4 members (excludes halogenated alkanes) is 10. The molecule has 0 saturated carbocycles. The molecule has 0 fully saturated rings. The quantitative estimate of drug-likeness (QED) is 0.307. The van der Waals surface area contributed by atoms with E-state index in [4.69, 9.17) is 5.73 Å². The van der Waals surface area contributed by atoms with Gasteiger partial charge in [-0.05, 0) is 38.5 Å². The SMILES string of the molecule is CCCCC/C=C/CCCCCCCCCC1N=CCN1CCN. The van der Waals surface area contributed by atoms with Crippen molar-refractivity contribution in [3.05, 3.63) is 12.2 Å². The fourth-order valence-corrected chi connectivity index (χ4v) is 3.37. The van der Waals surface area contributed by atoms with E-state index in [1.807, 2.05) is 0 Å². The van der Waals surface area contributed by atoms with Crippen LogP contribution in [0.4, 0.5) is 0 Å². The first-order valence-corrected chi connectivity index (χ1v) is 10.5. The molecule has 2 N–H and O–H groups in total. The van der Waals surface area contributed by atoms with Crippen LogP contribution in [0.1, 0.15) is 90.4 Å². The maximum atomic E-state index is 5.65. The van der Waals surface area contributed by atoms with E-state index >= 15 is 0 Å². The summed E-state index contributed by atoms with van der Waals surface area (Å²) in [7, 11) is 0. The van der Waals surface area contributed by atoms with Gasteiger partial charge in [0.2, 0.25) is 0 Å². The zero-order valence-corrected chi connectivity index (χ0v) is 16.1. The predicted octanol–water partition coefficient (Wildman–Crippen LogP) is 5.31. The lowest BCUT2D eigenvalue weighted by atomic mass is 10.1. The van der Waals surface area contributed by atoms with Crippen molar-refractivity contribution in [2.75, 3.05) is 19.6 Å². The maximum absolute atomic E-state index is 5.65. The maximum Gasteiger partial charge on any atom is 0.102 e. The molecule has 0 bridgehead atoms. The molecule has 0 amide bonds. The number of rotatable bonds is 16. The van der Waals surface area contributed by atoms with E-state index in [9.17, 15) is 0 Å². The summed E-state index contributed by atoms with van der Waals surface area (Å²) in [5, 5.41) is 0. The first-order valence-electron chi connectivity index (χ1n) is 10.5. The van der Waals surface area contributed by atoms with Crippen LogP contribution in [-0.2, 0) is 0 Å². The molecule has 0 aliphatic carbocycles. The van der Waals surface area contributed by atoms with Crippen molar-refractivity contribution in [1.82, 2.24) is 4.90 Å². The minimum Gasteiger partial charge on any atom is -0.329 e. The fraction of sp³-hybridized carbons (Fsp3) is 0.857. The second-order valence-corrected chi connectivity index (χ2v) is 7.12. The van der Waals surface area contributed by atoms with Crippen molar-refractivity contribution in [3.63, 3.8) is 0 Å². The third-order valence-electron chi connectivity index (χ3n) is 4.91. The van der Waals surface area contributed by atoms with Crippen molar-refractivity contribution in [2.45, 2.75) is 96.6 Å². The van der Waals surface area contributed by atoms with Gasteiger partial charge in [-0.1, -0.05) is 64.0 Å². The Bertz CT molecular complexity index is 325. The number of nitrogens with two attached hydrogens (primary N) is 1. The Labute approximate surface area is 150 Å². The van der Waals surface area contributed by atoms with Gasteiger partial charge in [-0.25, -0.2) is 0 Å². The van der Waals surface area contributed by atoms with E-state index in [-0.39, 0.29) is 0 Å². The van der Waals surface area contributed by atoms with Crippen molar-refractivity contribution in [1.29, 1.82) is 0 Å². The lowest BCUT2D eigenvalue weighted by molar-refractivity contribution is 0.241. The molecule has 1 heterocycles. The average Bonchev–Trinajstić information content (AvgIpc) is 3.03. The Hall–Kier alpha value is -0.670. The van der Waals surface area contributed by atoms with E-state index in [1.54, 1.807) is 0 Å². The van der Waals surface area contributed by atoms with E-state index < -0.39 is 0 Å². The molecule has 1 aliphatic rings. The van der Waals surface area contributed by atoms with Gasteiger partial charge in [-0.15, -0.1) is 0 Å². The van der Waals surface area contributed by atoms with Crippen LogP contribution in [0.25, 0.3) is 0 Å². The zero-order chi connectivity index (χ0) is 17.3. The molecule has 1 aliphatic heterocycles. The number of allylic oxidation sites excluding steroid dienone is 2. The summed E-state index contributed by atoms with van der Waals surface area (Å²) in [5.41, 5.74) is 5.65. The Balaban J connectivity index is 1.81. The summed E-state index contributed by atoms with van der Waals surface area (Å²) in [6.45, 7) is 4.99. The molecule has 3 heteroatoms. The van der Waals surface area contributed by atoms with Gasteiger partial charge in [0.1, 0.15) is 6.17 Å². The van der Waals surface area contributed by atoms with Crippen LogP contribution in [0.2, 0.25) is 0 Å². The molecule has 1 rings (SSSR count). The second kappa shape index (κ2) is 15.8. The molecule has 24 heavy (non-hydrogen) atoms. The number of nitrogens with zero attached hydrogens (tertiary/aromatic N) is 2. The molecule has 1 unspecified atom stereocenters. The third kappa shape index (κ3) is 11.0. The standard InChI is InChI=1S/C21H41N3/c1-2-3-4-5-6-7-8-9-10-11-12-13-14-15-16-21-23-18-20-24(21)19-17-22/h6-7,18,21H,2-5,8-17,19-20,22H2,1H3/b7-6+. The molecular weight excluding hydrogens is 294 g/mol. The highest BCUT2D eigenvalue weighted by molar-refractivity contribution is 5.62. The van der Waals surface area contributed by atoms with Gasteiger partial charge < -0.3 is 5.73 Å². The fourth-order valence-electron chi connectivity index (χ4n) is 3.37. The van der Waals surface area contributed by atoms with Crippen LogP contribution in [-0.4, -0.2) is 36.9 Å². The monoisotopic (exact) mass is 335 g/mol. The normalized spacial score (nSPS) is 18.2. The van der Waals surface area contributed by atoms with Gasteiger partial charge in [0, 0.05) is 25.8 Å². The van der Waals surface area contributed by atoms with Crippen molar-refractivity contribution in [3.8, 4) is 0 Å². The Kier molecular flexibility index (Phi) is 14.1. The van der Waals surface area contributed by atoms with E-state index in [0.29, 0.717) is 6.17 Å². The average molecular weight is 336 g/mol. The minimum atomic E-state index is 0.415. The minimum absolute atomic E-state index is 0.415. The first kappa shape index (κ1) is 21.4. The van der Waals surface area contributed by atoms with Gasteiger partial charge in [-0.2, -0.15) is 0 Å². The molecule has 0 aromatic rings. The molecule has 0 aromatic carbocycles. The summed E-state index contributed by atoms with van der Waals surface area (Å²) in [5.74, 6) is 0. The summed E-state index contributed by atoms with van der Waals surface area (Å²) in [6.07, 6.45) is 24.7. The van der Waals surface area contributed by atoms with Crippen molar-refractivity contribution >= 4 is 6.21 Å². The lowest BCUT2D eigenvalue weighted by Crippen LogP contribution is -2.34. The van der Waals surface area contributed by atoms with Crippen molar-refractivity contribution < 1.29 is 0 Å². The molecule has 0 radical (unpaired) electrons. The lowest BCUT2D eigenvalue weighted by Gasteiger charge is -2.21.